The van der Waals surface area contributed by atoms with Crippen LogP contribution >= 0.6 is 11.6 Å². The molecule has 0 radical (unpaired) electrons. The van der Waals surface area contributed by atoms with Crippen LogP contribution in [0.4, 0.5) is 18.9 Å². The average molecular weight is 298 g/mol. The van der Waals surface area contributed by atoms with Gasteiger partial charge in [-0.1, -0.05) is 11.6 Å². The Morgan fingerprint density at radius 1 is 1.32 bits per heavy atom. The lowest BCUT2D eigenvalue weighted by Crippen LogP contribution is -2.18. The van der Waals surface area contributed by atoms with Gasteiger partial charge in [0.05, 0.1) is 12.8 Å². The quantitative estimate of drug-likeness (QED) is 0.778. The number of halogens is 4. The minimum atomic E-state index is -4.27. The van der Waals surface area contributed by atoms with Crippen LogP contribution in [0.15, 0.2) is 18.2 Å². The van der Waals surface area contributed by atoms with Crippen molar-refractivity contribution in [3.05, 3.63) is 23.2 Å². The third kappa shape index (κ3) is 6.54. The van der Waals surface area contributed by atoms with Crippen molar-refractivity contribution in [3.8, 4) is 5.75 Å². The Labute approximate surface area is 114 Å². The molecular formula is C12H15ClF3NO2. The number of alkyl halides is 3. The van der Waals surface area contributed by atoms with Crippen molar-refractivity contribution in [1.29, 1.82) is 0 Å². The molecule has 0 amide bonds. The van der Waals surface area contributed by atoms with E-state index in [1.54, 1.807) is 18.2 Å². The van der Waals surface area contributed by atoms with Crippen molar-refractivity contribution in [3.63, 3.8) is 0 Å². The van der Waals surface area contributed by atoms with E-state index in [4.69, 9.17) is 16.3 Å². The largest absolute Gasteiger partial charge is 0.495 e. The Bertz CT molecular complexity index is 399. The van der Waals surface area contributed by atoms with Crippen molar-refractivity contribution >= 4 is 17.3 Å². The summed E-state index contributed by atoms with van der Waals surface area (Å²) in [6.07, 6.45) is -3.82. The number of anilines is 1. The van der Waals surface area contributed by atoms with Crippen LogP contribution in [0.5, 0.6) is 5.75 Å². The molecular weight excluding hydrogens is 283 g/mol. The maximum atomic E-state index is 11.8. The Balaban J connectivity index is 2.28. The van der Waals surface area contributed by atoms with E-state index in [-0.39, 0.29) is 6.61 Å². The van der Waals surface area contributed by atoms with Crippen LogP contribution in [0.1, 0.15) is 6.42 Å². The third-order valence-corrected chi connectivity index (χ3v) is 2.44. The summed E-state index contributed by atoms with van der Waals surface area (Å²) in [4.78, 5) is 0. The maximum absolute atomic E-state index is 11.8. The standard InChI is InChI=1S/C12H15ClF3NO2/c1-18-11-4-3-9(13)7-10(11)17-5-2-6-19-8-12(14,15)16/h3-4,7,17H,2,5-6,8H2,1H3. The number of rotatable bonds is 7. The van der Waals surface area contributed by atoms with E-state index in [1.165, 1.54) is 7.11 Å². The predicted octanol–water partition coefficient (Wildman–Crippen LogP) is 3.73. The first-order valence-corrected chi connectivity index (χ1v) is 6.02. The first kappa shape index (κ1) is 15.9. The molecule has 0 unspecified atom stereocenters. The second-order valence-electron chi connectivity index (χ2n) is 3.79. The van der Waals surface area contributed by atoms with Gasteiger partial charge in [0.25, 0.3) is 0 Å². The number of nitrogens with one attached hydrogen (secondary N) is 1. The maximum Gasteiger partial charge on any atom is 0.411 e. The molecule has 0 fully saturated rings. The molecule has 108 valence electrons. The monoisotopic (exact) mass is 297 g/mol. The van der Waals surface area contributed by atoms with Crippen LogP contribution in [0.3, 0.4) is 0 Å². The smallest absolute Gasteiger partial charge is 0.411 e. The van der Waals surface area contributed by atoms with Gasteiger partial charge in [0.2, 0.25) is 0 Å². The molecule has 1 aromatic carbocycles. The molecule has 19 heavy (non-hydrogen) atoms. The van der Waals surface area contributed by atoms with Crippen LogP contribution < -0.4 is 10.1 Å². The minimum absolute atomic E-state index is 0.0371. The van der Waals surface area contributed by atoms with Crippen LogP contribution in [0, 0.1) is 0 Å². The van der Waals surface area contributed by atoms with Crippen LogP contribution in [-0.4, -0.2) is 33.0 Å². The minimum Gasteiger partial charge on any atom is -0.495 e. The molecule has 0 aromatic heterocycles. The number of hydrogen-bond donors (Lipinski definition) is 1. The van der Waals surface area contributed by atoms with E-state index >= 15 is 0 Å². The second kappa shape index (κ2) is 7.45. The molecule has 0 bridgehead atoms. The van der Waals surface area contributed by atoms with Gasteiger partial charge in [0, 0.05) is 18.2 Å². The van der Waals surface area contributed by atoms with Gasteiger partial charge in [-0.3, -0.25) is 0 Å². The molecule has 0 atom stereocenters. The van der Waals surface area contributed by atoms with Gasteiger partial charge in [0.15, 0.2) is 0 Å². The summed E-state index contributed by atoms with van der Waals surface area (Å²) in [7, 11) is 1.53. The lowest BCUT2D eigenvalue weighted by atomic mass is 10.3. The lowest BCUT2D eigenvalue weighted by Gasteiger charge is -2.12. The number of methoxy groups -OCH3 is 1. The van der Waals surface area contributed by atoms with Crippen LogP contribution in [0.2, 0.25) is 5.02 Å². The number of hydrogen-bond acceptors (Lipinski definition) is 3. The molecule has 7 heteroatoms. The highest BCUT2D eigenvalue weighted by Crippen LogP contribution is 2.27. The SMILES string of the molecule is COc1ccc(Cl)cc1NCCCOCC(F)(F)F. The Hall–Kier alpha value is -1.14. The first-order valence-electron chi connectivity index (χ1n) is 5.64. The molecule has 3 nitrogen and oxygen atoms in total. The molecule has 1 rings (SSSR count). The van der Waals surface area contributed by atoms with E-state index in [9.17, 15) is 13.2 Å². The van der Waals surface area contributed by atoms with Crippen molar-refractivity contribution in [1.82, 2.24) is 0 Å². The molecule has 0 aliphatic heterocycles. The summed E-state index contributed by atoms with van der Waals surface area (Å²) in [6.45, 7) is -0.711. The van der Waals surface area contributed by atoms with Crippen molar-refractivity contribution < 1.29 is 22.6 Å². The average Bonchev–Trinajstić information content (AvgIpc) is 2.32. The molecule has 0 aliphatic carbocycles. The normalized spacial score (nSPS) is 11.4. The summed E-state index contributed by atoms with van der Waals surface area (Å²) >= 11 is 5.84. The van der Waals surface area contributed by atoms with E-state index in [2.05, 4.69) is 10.1 Å². The zero-order chi connectivity index (χ0) is 14.3. The van der Waals surface area contributed by atoms with E-state index in [0.717, 1.165) is 0 Å². The summed E-state index contributed by atoms with van der Waals surface area (Å²) in [5.41, 5.74) is 0.700. The van der Waals surface area contributed by atoms with Gasteiger partial charge in [0.1, 0.15) is 12.4 Å². The fourth-order valence-electron chi connectivity index (χ4n) is 1.40. The van der Waals surface area contributed by atoms with Gasteiger partial charge >= 0.3 is 6.18 Å². The molecule has 0 aliphatic rings. The highest BCUT2D eigenvalue weighted by Gasteiger charge is 2.27. The van der Waals surface area contributed by atoms with Gasteiger partial charge in [-0.15, -0.1) is 0 Å². The second-order valence-corrected chi connectivity index (χ2v) is 4.23. The molecule has 0 saturated heterocycles. The van der Waals surface area contributed by atoms with Crippen molar-refractivity contribution in [2.75, 3.05) is 32.2 Å². The fourth-order valence-corrected chi connectivity index (χ4v) is 1.58. The van der Waals surface area contributed by atoms with Gasteiger partial charge in [-0.25, -0.2) is 0 Å². The fraction of sp³-hybridized carbons (Fsp3) is 0.500. The summed E-state index contributed by atoms with van der Waals surface area (Å²) in [5, 5.41) is 3.58. The van der Waals surface area contributed by atoms with Crippen LogP contribution in [-0.2, 0) is 4.74 Å². The van der Waals surface area contributed by atoms with E-state index < -0.39 is 12.8 Å². The Kier molecular flexibility index (Phi) is 6.24. The molecule has 1 N–H and O–H groups in total. The van der Waals surface area contributed by atoms with Gasteiger partial charge < -0.3 is 14.8 Å². The zero-order valence-electron chi connectivity index (χ0n) is 10.4. The van der Waals surface area contributed by atoms with Gasteiger partial charge in [-0.05, 0) is 24.6 Å². The molecule has 0 saturated carbocycles. The third-order valence-electron chi connectivity index (χ3n) is 2.21. The lowest BCUT2D eigenvalue weighted by molar-refractivity contribution is -0.173. The van der Waals surface area contributed by atoms with Crippen LogP contribution in [0.25, 0.3) is 0 Å². The predicted molar refractivity (Wildman–Crippen MR) is 68.0 cm³/mol. The zero-order valence-corrected chi connectivity index (χ0v) is 11.1. The highest BCUT2D eigenvalue weighted by atomic mass is 35.5. The Morgan fingerprint density at radius 3 is 2.68 bits per heavy atom. The number of ether oxygens (including phenoxy) is 2. The summed E-state index contributed by atoms with van der Waals surface area (Å²) in [5.74, 6) is 0.626. The highest BCUT2D eigenvalue weighted by molar-refractivity contribution is 6.30. The summed E-state index contributed by atoms with van der Waals surface area (Å²) in [6, 6.07) is 5.10. The Morgan fingerprint density at radius 2 is 2.05 bits per heavy atom. The van der Waals surface area contributed by atoms with Crippen molar-refractivity contribution in [2.45, 2.75) is 12.6 Å². The van der Waals surface area contributed by atoms with Crippen molar-refractivity contribution in [2.24, 2.45) is 0 Å². The summed E-state index contributed by atoms with van der Waals surface area (Å²) < 4.78 is 45.0. The number of benzene rings is 1. The van der Waals surface area contributed by atoms with E-state index in [1.807, 2.05) is 0 Å². The molecule has 0 heterocycles. The molecule has 0 spiro atoms. The first-order chi connectivity index (χ1) is 8.92. The van der Waals surface area contributed by atoms with E-state index in [0.29, 0.717) is 29.4 Å². The topological polar surface area (TPSA) is 30.5 Å². The van der Waals surface area contributed by atoms with Gasteiger partial charge in [-0.2, -0.15) is 13.2 Å². The molecule has 1 aromatic rings.